The smallest absolute Gasteiger partial charge is 0.222 e. The van der Waals surface area contributed by atoms with Gasteiger partial charge in [0.15, 0.2) is 11.7 Å². The first-order chi connectivity index (χ1) is 11.8. The Labute approximate surface area is 142 Å². The highest BCUT2D eigenvalue weighted by atomic mass is 16.4. The van der Waals surface area contributed by atoms with Crippen molar-refractivity contribution >= 4 is 5.91 Å². The molecule has 5 heteroatoms. The van der Waals surface area contributed by atoms with Crippen LogP contribution < -0.4 is 0 Å². The summed E-state index contributed by atoms with van der Waals surface area (Å²) in [6.07, 6.45) is 5.49. The maximum atomic E-state index is 12.2. The van der Waals surface area contributed by atoms with Gasteiger partial charge in [0.05, 0.1) is 6.20 Å². The van der Waals surface area contributed by atoms with E-state index in [4.69, 9.17) is 9.52 Å². The quantitative estimate of drug-likeness (QED) is 0.885. The number of nitrogens with zero attached hydrogens (tertiary/aromatic N) is 2. The second-order valence-electron chi connectivity index (χ2n) is 6.34. The van der Waals surface area contributed by atoms with Crippen LogP contribution in [0, 0.1) is 5.92 Å². The lowest BCUT2D eigenvalue weighted by molar-refractivity contribution is -0.132. The number of hydrogen-bond donors (Lipinski definition) is 1. The van der Waals surface area contributed by atoms with Crippen molar-refractivity contribution in [2.45, 2.75) is 32.1 Å². The van der Waals surface area contributed by atoms with E-state index in [9.17, 15) is 4.79 Å². The molecule has 0 atom stereocenters. The minimum Gasteiger partial charge on any atom is -0.441 e. The van der Waals surface area contributed by atoms with E-state index in [0.717, 1.165) is 43.7 Å². The van der Waals surface area contributed by atoms with Crippen LogP contribution in [0.15, 0.2) is 40.9 Å². The molecule has 0 spiro atoms. The third-order valence-corrected chi connectivity index (χ3v) is 4.62. The zero-order valence-corrected chi connectivity index (χ0v) is 13.9. The van der Waals surface area contributed by atoms with Crippen molar-refractivity contribution in [1.82, 2.24) is 9.88 Å². The Morgan fingerprint density at radius 3 is 2.71 bits per heavy atom. The van der Waals surface area contributed by atoms with Gasteiger partial charge in [-0.2, -0.15) is 0 Å². The Kier molecular flexibility index (Phi) is 5.64. The predicted octanol–water partition coefficient (Wildman–Crippen LogP) is 2.90. The molecule has 1 aliphatic rings. The number of hydrogen-bond acceptors (Lipinski definition) is 4. The summed E-state index contributed by atoms with van der Waals surface area (Å²) in [5.41, 5.74) is 1.01. The van der Waals surface area contributed by atoms with Crippen LogP contribution in [-0.2, 0) is 11.2 Å². The van der Waals surface area contributed by atoms with Gasteiger partial charge in [-0.3, -0.25) is 4.79 Å². The summed E-state index contributed by atoms with van der Waals surface area (Å²) in [6, 6.07) is 9.88. The molecule has 2 aromatic rings. The van der Waals surface area contributed by atoms with Crippen molar-refractivity contribution < 1.29 is 14.3 Å². The summed E-state index contributed by atoms with van der Waals surface area (Å²) in [5.74, 6) is 2.00. The lowest BCUT2D eigenvalue weighted by atomic mass is 9.97. The standard InChI is InChI=1S/C19H24N2O3/c22-14-15-9-11-21(12-10-15)19(23)8-4-7-18-20-13-17(24-18)16-5-2-1-3-6-16/h1-3,5-6,13,15,22H,4,7-12,14H2. The van der Waals surface area contributed by atoms with Crippen LogP contribution in [-0.4, -0.2) is 40.6 Å². The third-order valence-electron chi connectivity index (χ3n) is 4.62. The van der Waals surface area contributed by atoms with E-state index in [1.165, 1.54) is 0 Å². The number of aryl methyl sites for hydroxylation is 1. The summed E-state index contributed by atoms with van der Waals surface area (Å²) in [4.78, 5) is 18.4. The summed E-state index contributed by atoms with van der Waals surface area (Å²) >= 11 is 0. The van der Waals surface area contributed by atoms with Crippen molar-refractivity contribution in [2.75, 3.05) is 19.7 Å². The largest absolute Gasteiger partial charge is 0.441 e. The highest BCUT2D eigenvalue weighted by Crippen LogP contribution is 2.21. The molecule has 3 rings (SSSR count). The van der Waals surface area contributed by atoms with E-state index in [0.29, 0.717) is 24.7 Å². The summed E-state index contributed by atoms with van der Waals surface area (Å²) < 4.78 is 5.76. The van der Waals surface area contributed by atoms with E-state index in [-0.39, 0.29) is 12.5 Å². The first-order valence-corrected chi connectivity index (χ1v) is 8.65. The minimum atomic E-state index is 0.196. The average molecular weight is 328 g/mol. The normalized spacial score (nSPS) is 15.6. The molecule has 0 bridgehead atoms. The zero-order chi connectivity index (χ0) is 16.8. The van der Waals surface area contributed by atoms with Gasteiger partial charge in [-0.05, 0) is 25.2 Å². The topological polar surface area (TPSA) is 66.6 Å². The number of aliphatic hydroxyl groups is 1. The Balaban J connectivity index is 1.44. The molecule has 1 aromatic heterocycles. The monoisotopic (exact) mass is 328 g/mol. The van der Waals surface area contributed by atoms with Crippen LogP contribution in [0.1, 0.15) is 31.6 Å². The number of amides is 1. The van der Waals surface area contributed by atoms with Gasteiger partial charge < -0.3 is 14.4 Å². The van der Waals surface area contributed by atoms with E-state index >= 15 is 0 Å². The highest BCUT2D eigenvalue weighted by Gasteiger charge is 2.21. The van der Waals surface area contributed by atoms with Crippen molar-refractivity contribution in [3.8, 4) is 11.3 Å². The number of piperidine rings is 1. The van der Waals surface area contributed by atoms with E-state index in [1.807, 2.05) is 35.2 Å². The van der Waals surface area contributed by atoms with Crippen LogP contribution in [0.3, 0.4) is 0 Å². The zero-order valence-electron chi connectivity index (χ0n) is 13.9. The molecule has 0 aliphatic carbocycles. The fraction of sp³-hybridized carbons (Fsp3) is 0.474. The van der Waals surface area contributed by atoms with Crippen LogP contribution in [0.25, 0.3) is 11.3 Å². The molecule has 1 saturated heterocycles. The molecular formula is C19H24N2O3. The van der Waals surface area contributed by atoms with Gasteiger partial charge in [-0.25, -0.2) is 4.98 Å². The Bertz CT molecular complexity index is 646. The van der Waals surface area contributed by atoms with Crippen LogP contribution in [0.2, 0.25) is 0 Å². The fourth-order valence-electron chi connectivity index (χ4n) is 3.08. The Morgan fingerprint density at radius 1 is 1.25 bits per heavy atom. The molecule has 1 N–H and O–H groups in total. The van der Waals surface area contributed by atoms with Gasteiger partial charge in [0, 0.05) is 38.1 Å². The number of rotatable bonds is 6. The first kappa shape index (κ1) is 16.7. The maximum Gasteiger partial charge on any atom is 0.222 e. The fourth-order valence-corrected chi connectivity index (χ4v) is 3.08. The predicted molar refractivity (Wildman–Crippen MR) is 91.3 cm³/mol. The molecule has 0 unspecified atom stereocenters. The average Bonchev–Trinajstić information content (AvgIpc) is 3.11. The number of likely N-dealkylation sites (tertiary alicyclic amines) is 1. The van der Waals surface area contributed by atoms with Crippen molar-refractivity contribution in [3.63, 3.8) is 0 Å². The van der Waals surface area contributed by atoms with Crippen molar-refractivity contribution in [1.29, 1.82) is 0 Å². The number of oxazole rings is 1. The molecule has 5 nitrogen and oxygen atoms in total. The van der Waals surface area contributed by atoms with Crippen LogP contribution >= 0.6 is 0 Å². The number of carbonyl (C=O) groups excluding carboxylic acids is 1. The lowest BCUT2D eigenvalue weighted by Crippen LogP contribution is -2.39. The van der Waals surface area contributed by atoms with Gasteiger partial charge in [-0.15, -0.1) is 0 Å². The Hall–Kier alpha value is -2.14. The molecule has 1 fully saturated rings. The molecule has 0 radical (unpaired) electrons. The van der Waals surface area contributed by atoms with Crippen LogP contribution in [0.5, 0.6) is 0 Å². The number of aliphatic hydroxyl groups excluding tert-OH is 1. The van der Waals surface area contributed by atoms with Crippen molar-refractivity contribution in [3.05, 3.63) is 42.4 Å². The molecule has 1 aliphatic heterocycles. The number of aromatic nitrogens is 1. The summed E-state index contributed by atoms with van der Waals surface area (Å²) in [6.45, 7) is 1.76. The van der Waals surface area contributed by atoms with Crippen LogP contribution in [0.4, 0.5) is 0 Å². The minimum absolute atomic E-state index is 0.196. The molecule has 0 saturated carbocycles. The van der Waals surface area contributed by atoms with E-state index in [2.05, 4.69) is 4.98 Å². The van der Waals surface area contributed by atoms with E-state index in [1.54, 1.807) is 6.20 Å². The van der Waals surface area contributed by atoms with E-state index < -0.39 is 0 Å². The molecular weight excluding hydrogens is 304 g/mol. The molecule has 1 aromatic carbocycles. The summed E-state index contributed by atoms with van der Waals surface area (Å²) in [7, 11) is 0. The number of benzene rings is 1. The molecule has 24 heavy (non-hydrogen) atoms. The first-order valence-electron chi connectivity index (χ1n) is 8.65. The second kappa shape index (κ2) is 8.11. The molecule has 128 valence electrons. The SMILES string of the molecule is O=C(CCCc1ncc(-c2ccccc2)o1)N1CCC(CO)CC1. The van der Waals surface area contributed by atoms with Gasteiger partial charge in [0.25, 0.3) is 0 Å². The highest BCUT2D eigenvalue weighted by molar-refractivity contribution is 5.76. The van der Waals surface area contributed by atoms with Gasteiger partial charge in [0.2, 0.25) is 5.91 Å². The number of carbonyl (C=O) groups is 1. The van der Waals surface area contributed by atoms with Gasteiger partial charge in [0.1, 0.15) is 0 Å². The summed E-state index contributed by atoms with van der Waals surface area (Å²) in [5, 5.41) is 9.15. The van der Waals surface area contributed by atoms with Gasteiger partial charge in [-0.1, -0.05) is 30.3 Å². The lowest BCUT2D eigenvalue weighted by Gasteiger charge is -2.31. The second-order valence-corrected chi connectivity index (χ2v) is 6.34. The third kappa shape index (κ3) is 4.23. The molecule has 1 amide bonds. The molecule has 2 heterocycles. The maximum absolute atomic E-state index is 12.2. The Morgan fingerprint density at radius 2 is 2.00 bits per heavy atom. The van der Waals surface area contributed by atoms with Gasteiger partial charge >= 0.3 is 0 Å². The van der Waals surface area contributed by atoms with Crippen molar-refractivity contribution in [2.24, 2.45) is 5.92 Å².